The average Bonchev–Trinajstić information content (AvgIpc) is 2.58. The molecule has 2 atom stereocenters. The average molecular weight is 247 g/mol. The standard InChI is InChI=1S/C14H21N3O/c1-14(2,3)12-6-16-13(7-15-12)17-10-4-5-11(17)9-18-8-10/h6-7,10-11H,4-5,8-9H2,1-3H3. The molecule has 2 unspecified atom stereocenters. The number of hydrogen-bond donors (Lipinski definition) is 0. The summed E-state index contributed by atoms with van der Waals surface area (Å²) in [5.74, 6) is 1.01. The first kappa shape index (κ1) is 11.9. The molecule has 4 nitrogen and oxygen atoms in total. The van der Waals surface area contributed by atoms with E-state index in [1.807, 2.05) is 12.4 Å². The second-order valence-corrected chi connectivity index (χ2v) is 6.34. The maximum atomic E-state index is 5.60. The number of nitrogens with zero attached hydrogens (tertiary/aromatic N) is 3. The van der Waals surface area contributed by atoms with Crippen LogP contribution in [0.4, 0.5) is 5.82 Å². The third-order valence-corrected chi connectivity index (χ3v) is 3.91. The van der Waals surface area contributed by atoms with Gasteiger partial charge in [-0.3, -0.25) is 4.98 Å². The van der Waals surface area contributed by atoms with Gasteiger partial charge in [0.1, 0.15) is 5.82 Å². The van der Waals surface area contributed by atoms with Crippen molar-refractivity contribution >= 4 is 5.82 Å². The molecule has 2 bridgehead atoms. The fraction of sp³-hybridized carbons (Fsp3) is 0.714. The summed E-state index contributed by atoms with van der Waals surface area (Å²) >= 11 is 0. The molecule has 1 aromatic heterocycles. The molecule has 0 amide bonds. The number of aromatic nitrogens is 2. The first-order valence-corrected chi connectivity index (χ1v) is 6.74. The van der Waals surface area contributed by atoms with E-state index in [0.29, 0.717) is 12.1 Å². The zero-order valence-corrected chi connectivity index (χ0v) is 11.4. The Hall–Kier alpha value is -1.16. The first-order chi connectivity index (χ1) is 8.55. The minimum atomic E-state index is 0.0650. The highest BCUT2D eigenvalue weighted by molar-refractivity contribution is 5.42. The number of anilines is 1. The van der Waals surface area contributed by atoms with Crippen molar-refractivity contribution in [1.29, 1.82) is 0 Å². The zero-order chi connectivity index (χ0) is 12.8. The second-order valence-electron chi connectivity index (χ2n) is 6.34. The predicted molar refractivity (Wildman–Crippen MR) is 70.8 cm³/mol. The van der Waals surface area contributed by atoms with Crippen LogP contribution in [0.1, 0.15) is 39.3 Å². The monoisotopic (exact) mass is 247 g/mol. The van der Waals surface area contributed by atoms with Crippen LogP contribution < -0.4 is 4.90 Å². The molecule has 2 aliphatic rings. The van der Waals surface area contributed by atoms with Crippen molar-refractivity contribution in [3.05, 3.63) is 18.1 Å². The van der Waals surface area contributed by atoms with Gasteiger partial charge in [0.25, 0.3) is 0 Å². The van der Waals surface area contributed by atoms with Crippen LogP contribution in [0.25, 0.3) is 0 Å². The lowest BCUT2D eigenvalue weighted by Gasteiger charge is -2.35. The van der Waals surface area contributed by atoms with Crippen LogP contribution >= 0.6 is 0 Å². The van der Waals surface area contributed by atoms with Gasteiger partial charge in [-0.25, -0.2) is 4.98 Å². The van der Waals surface area contributed by atoms with Crippen molar-refractivity contribution in [2.24, 2.45) is 0 Å². The highest BCUT2D eigenvalue weighted by atomic mass is 16.5. The molecule has 3 heterocycles. The van der Waals surface area contributed by atoms with Crippen LogP contribution in [0.2, 0.25) is 0 Å². The summed E-state index contributed by atoms with van der Waals surface area (Å²) in [6.07, 6.45) is 6.28. The maximum absolute atomic E-state index is 5.60. The maximum Gasteiger partial charge on any atom is 0.147 e. The topological polar surface area (TPSA) is 38.2 Å². The van der Waals surface area contributed by atoms with Gasteiger partial charge in [-0.2, -0.15) is 0 Å². The van der Waals surface area contributed by atoms with Crippen LogP contribution in [0.15, 0.2) is 12.4 Å². The highest BCUT2D eigenvalue weighted by Crippen LogP contribution is 2.32. The number of fused-ring (bicyclic) bond motifs is 2. The molecule has 0 aromatic carbocycles. The van der Waals surface area contributed by atoms with E-state index in [2.05, 4.69) is 35.6 Å². The highest BCUT2D eigenvalue weighted by Gasteiger charge is 2.38. The smallest absolute Gasteiger partial charge is 0.147 e. The lowest BCUT2D eigenvalue weighted by molar-refractivity contribution is 0.0901. The number of rotatable bonds is 1. The van der Waals surface area contributed by atoms with E-state index >= 15 is 0 Å². The van der Waals surface area contributed by atoms with E-state index in [4.69, 9.17) is 4.74 Å². The quantitative estimate of drug-likeness (QED) is 0.762. The molecule has 2 fully saturated rings. The summed E-state index contributed by atoms with van der Waals surface area (Å²) in [7, 11) is 0. The van der Waals surface area contributed by atoms with Crippen molar-refractivity contribution in [2.45, 2.75) is 51.1 Å². The molecular weight excluding hydrogens is 226 g/mol. The molecule has 0 N–H and O–H groups in total. The molecule has 2 saturated heterocycles. The Labute approximate surface area is 108 Å². The van der Waals surface area contributed by atoms with Crippen LogP contribution in [0.3, 0.4) is 0 Å². The summed E-state index contributed by atoms with van der Waals surface area (Å²) < 4.78 is 5.60. The van der Waals surface area contributed by atoms with Gasteiger partial charge in [0.05, 0.1) is 43.4 Å². The molecule has 4 heteroatoms. The van der Waals surface area contributed by atoms with Gasteiger partial charge in [0, 0.05) is 5.41 Å². The lowest BCUT2D eigenvalue weighted by atomic mass is 9.93. The van der Waals surface area contributed by atoms with E-state index in [-0.39, 0.29) is 5.41 Å². The van der Waals surface area contributed by atoms with Gasteiger partial charge in [-0.05, 0) is 12.8 Å². The minimum absolute atomic E-state index is 0.0650. The summed E-state index contributed by atoms with van der Waals surface area (Å²) in [6.45, 7) is 8.15. The molecule has 3 rings (SSSR count). The molecule has 0 spiro atoms. The van der Waals surface area contributed by atoms with Gasteiger partial charge in [0.2, 0.25) is 0 Å². The van der Waals surface area contributed by atoms with Crippen molar-refractivity contribution in [1.82, 2.24) is 9.97 Å². The van der Waals surface area contributed by atoms with Gasteiger partial charge in [-0.15, -0.1) is 0 Å². The minimum Gasteiger partial charge on any atom is -0.377 e. The van der Waals surface area contributed by atoms with Gasteiger partial charge in [0.15, 0.2) is 0 Å². The Kier molecular flexibility index (Phi) is 2.77. The number of morpholine rings is 1. The Morgan fingerprint density at radius 1 is 1.11 bits per heavy atom. The first-order valence-electron chi connectivity index (χ1n) is 6.74. The third kappa shape index (κ3) is 1.99. The summed E-state index contributed by atoms with van der Waals surface area (Å²) in [4.78, 5) is 11.6. The van der Waals surface area contributed by atoms with Gasteiger partial charge >= 0.3 is 0 Å². The van der Waals surface area contributed by atoms with Crippen molar-refractivity contribution in [2.75, 3.05) is 18.1 Å². The zero-order valence-electron chi connectivity index (χ0n) is 11.4. The number of hydrogen-bond acceptors (Lipinski definition) is 4. The normalized spacial score (nSPS) is 27.6. The van der Waals surface area contributed by atoms with Crippen molar-refractivity contribution < 1.29 is 4.74 Å². The second kappa shape index (κ2) is 4.19. The largest absolute Gasteiger partial charge is 0.377 e. The van der Waals surface area contributed by atoms with Crippen LogP contribution in [0.5, 0.6) is 0 Å². The summed E-state index contributed by atoms with van der Waals surface area (Å²) in [5.41, 5.74) is 1.11. The summed E-state index contributed by atoms with van der Waals surface area (Å²) in [5, 5.41) is 0. The van der Waals surface area contributed by atoms with Gasteiger partial charge < -0.3 is 9.64 Å². The lowest BCUT2D eigenvalue weighted by Crippen LogP contribution is -2.46. The molecule has 1 aromatic rings. The van der Waals surface area contributed by atoms with Crippen LogP contribution in [0, 0.1) is 0 Å². The Balaban J connectivity index is 1.85. The third-order valence-electron chi connectivity index (χ3n) is 3.91. The fourth-order valence-corrected chi connectivity index (χ4v) is 2.84. The van der Waals surface area contributed by atoms with Gasteiger partial charge in [-0.1, -0.05) is 20.8 Å². The van der Waals surface area contributed by atoms with Crippen molar-refractivity contribution in [3.63, 3.8) is 0 Å². The fourth-order valence-electron chi connectivity index (χ4n) is 2.84. The molecular formula is C14H21N3O. The molecule has 18 heavy (non-hydrogen) atoms. The van der Waals surface area contributed by atoms with E-state index < -0.39 is 0 Å². The van der Waals surface area contributed by atoms with E-state index in [0.717, 1.165) is 24.7 Å². The number of ether oxygens (including phenoxy) is 1. The Bertz CT molecular complexity index is 408. The molecule has 0 saturated carbocycles. The summed E-state index contributed by atoms with van der Waals surface area (Å²) in [6, 6.07) is 0.997. The van der Waals surface area contributed by atoms with E-state index in [9.17, 15) is 0 Å². The predicted octanol–water partition coefficient (Wildman–Crippen LogP) is 2.14. The Morgan fingerprint density at radius 2 is 1.78 bits per heavy atom. The van der Waals surface area contributed by atoms with Crippen molar-refractivity contribution in [3.8, 4) is 0 Å². The van der Waals surface area contributed by atoms with E-state index in [1.165, 1.54) is 12.8 Å². The SMILES string of the molecule is CC(C)(C)c1cnc(N2C3CCC2COC3)cn1. The molecule has 2 aliphatic heterocycles. The molecule has 0 radical (unpaired) electrons. The molecule has 0 aliphatic carbocycles. The van der Waals surface area contributed by atoms with Crippen LogP contribution in [-0.2, 0) is 10.2 Å². The van der Waals surface area contributed by atoms with E-state index in [1.54, 1.807) is 0 Å². The molecule has 98 valence electrons. The Morgan fingerprint density at radius 3 is 2.28 bits per heavy atom. The van der Waals surface area contributed by atoms with Crippen LogP contribution in [-0.4, -0.2) is 35.3 Å².